The molecule has 0 bridgehead atoms. The van der Waals surface area contributed by atoms with Crippen molar-refractivity contribution >= 4 is 16.8 Å². The van der Waals surface area contributed by atoms with Crippen molar-refractivity contribution in [3.8, 4) is 5.75 Å². The van der Waals surface area contributed by atoms with E-state index in [-0.39, 0.29) is 5.91 Å². The van der Waals surface area contributed by atoms with Crippen molar-refractivity contribution in [2.75, 3.05) is 21.3 Å². The number of fused-ring (bicyclic) bond motifs is 1. The number of H-pyrrole nitrogens is 2. The second-order valence-electron chi connectivity index (χ2n) is 6.02. The van der Waals surface area contributed by atoms with Crippen molar-refractivity contribution in [1.29, 1.82) is 0 Å². The summed E-state index contributed by atoms with van der Waals surface area (Å²) >= 11 is 0. The molecule has 7 nitrogen and oxygen atoms in total. The first-order valence-electron chi connectivity index (χ1n) is 7.97. The van der Waals surface area contributed by atoms with E-state index < -0.39 is 0 Å². The molecule has 132 valence electrons. The second-order valence-corrected chi connectivity index (χ2v) is 6.02. The van der Waals surface area contributed by atoms with Crippen LogP contribution in [0.3, 0.4) is 0 Å². The maximum Gasteiger partial charge on any atom is 0.270 e. The zero-order valence-electron chi connectivity index (χ0n) is 14.8. The van der Waals surface area contributed by atoms with E-state index in [0.29, 0.717) is 18.8 Å². The van der Waals surface area contributed by atoms with Crippen LogP contribution in [0.25, 0.3) is 10.9 Å². The van der Waals surface area contributed by atoms with E-state index in [4.69, 9.17) is 9.47 Å². The average Bonchev–Trinajstić information content (AvgIpc) is 3.18. The summed E-state index contributed by atoms with van der Waals surface area (Å²) in [6, 6.07) is 7.63. The molecule has 2 heterocycles. The summed E-state index contributed by atoms with van der Waals surface area (Å²) < 4.78 is 10.3. The lowest BCUT2D eigenvalue weighted by Gasteiger charge is -2.15. The lowest BCUT2D eigenvalue weighted by atomic mass is 10.1. The summed E-state index contributed by atoms with van der Waals surface area (Å²) in [7, 11) is 5.02. The molecule has 0 unspecified atom stereocenters. The minimum Gasteiger partial charge on any atom is -0.497 e. The minimum atomic E-state index is -0.0736. The van der Waals surface area contributed by atoms with Gasteiger partial charge in [-0.15, -0.1) is 0 Å². The molecule has 0 radical (unpaired) electrons. The number of carbonyl (C=O) groups is 1. The maximum atomic E-state index is 12.8. The third-order valence-electron chi connectivity index (χ3n) is 4.21. The highest BCUT2D eigenvalue weighted by Crippen LogP contribution is 2.26. The number of aromatic amines is 2. The van der Waals surface area contributed by atoms with Crippen LogP contribution in [0.4, 0.5) is 0 Å². The lowest BCUT2D eigenvalue weighted by Crippen LogP contribution is -2.27. The smallest absolute Gasteiger partial charge is 0.270 e. The number of benzene rings is 1. The van der Waals surface area contributed by atoms with Gasteiger partial charge in [0.1, 0.15) is 11.4 Å². The zero-order chi connectivity index (χ0) is 18.0. The van der Waals surface area contributed by atoms with Gasteiger partial charge in [0.05, 0.1) is 31.6 Å². The van der Waals surface area contributed by atoms with Gasteiger partial charge < -0.3 is 19.4 Å². The largest absolute Gasteiger partial charge is 0.497 e. The molecule has 7 heteroatoms. The number of carbonyl (C=O) groups excluding carboxylic acids is 1. The van der Waals surface area contributed by atoms with Crippen LogP contribution in [-0.2, 0) is 17.9 Å². The van der Waals surface area contributed by atoms with E-state index in [1.165, 1.54) is 0 Å². The number of amides is 1. The van der Waals surface area contributed by atoms with Crippen LogP contribution in [0.5, 0.6) is 5.75 Å². The molecule has 25 heavy (non-hydrogen) atoms. The Balaban J connectivity index is 1.81. The first-order chi connectivity index (χ1) is 12.0. The second kappa shape index (κ2) is 6.98. The van der Waals surface area contributed by atoms with Gasteiger partial charge in [-0.2, -0.15) is 5.10 Å². The molecule has 1 amide bonds. The third-order valence-corrected chi connectivity index (χ3v) is 4.21. The van der Waals surface area contributed by atoms with Gasteiger partial charge in [-0.05, 0) is 36.8 Å². The lowest BCUT2D eigenvalue weighted by molar-refractivity contribution is 0.0778. The number of hydrogen-bond acceptors (Lipinski definition) is 4. The number of methoxy groups -OCH3 is 2. The third kappa shape index (κ3) is 3.36. The molecule has 0 fully saturated rings. The maximum absolute atomic E-state index is 12.8. The van der Waals surface area contributed by atoms with Gasteiger partial charge in [0.15, 0.2) is 0 Å². The number of aryl methyl sites for hydroxylation is 1. The number of hydrogen-bond donors (Lipinski definition) is 2. The van der Waals surface area contributed by atoms with E-state index >= 15 is 0 Å². The Morgan fingerprint density at radius 2 is 2.08 bits per heavy atom. The summed E-state index contributed by atoms with van der Waals surface area (Å²) in [5.74, 6) is 0.695. The number of aromatic nitrogens is 3. The number of ether oxygens (including phenoxy) is 2. The van der Waals surface area contributed by atoms with E-state index in [0.717, 1.165) is 33.6 Å². The SMILES string of the molecule is COCc1cc(CN(C)C(=O)c2[nH]c3ccc(OC)cc3c2C)[nH]n1. The fourth-order valence-corrected chi connectivity index (χ4v) is 2.88. The highest BCUT2D eigenvalue weighted by atomic mass is 16.5. The van der Waals surface area contributed by atoms with Crippen molar-refractivity contribution in [3.63, 3.8) is 0 Å². The Hall–Kier alpha value is -2.80. The van der Waals surface area contributed by atoms with Gasteiger partial charge in [-0.1, -0.05) is 0 Å². The van der Waals surface area contributed by atoms with Gasteiger partial charge in [0, 0.05) is 25.1 Å². The molecule has 0 aliphatic rings. The van der Waals surface area contributed by atoms with Crippen LogP contribution in [0.1, 0.15) is 27.4 Å². The number of nitrogens with zero attached hydrogens (tertiary/aromatic N) is 2. The monoisotopic (exact) mass is 342 g/mol. The minimum absolute atomic E-state index is 0.0736. The molecule has 3 aromatic rings. The Labute approximate surface area is 145 Å². The Morgan fingerprint density at radius 1 is 1.28 bits per heavy atom. The van der Waals surface area contributed by atoms with E-state index in [9.17, 15) is 4.79 Å². The highest BCUT2D eigenvalue weighted by Gasteiger charge is 2.19. The molecule has 0 saturated heterocycles. The molecule has 0 atom stereocenters. The molecule has 2 N–H and O–H groups in total. The Bertz CT molecular complexity index is 897. The predicted octanol–water partition coefficient (Wildman–Crippen LogP) is 2.63. The average molecular weight is 342 g/mol. The fourth-order valence-electron chi connectivity index (χ4n) is 2.88. The standard InChI is InChI=1S/C18H22N4O3/c1-11-15-8-14(25-4)5-6-16(15)19-17(11)18(23)22(2)9-12-7-13(10-24-3)21-20-12/h5-8,19H,9-10H2,1-4H3,(H,20,21). The van der Waals surface area contributed by atoms with Crippen molar-refractivity contribution in [1.82, 2.24) is 20.1 Å². The van der Waals surface area contributed by atoms with E-state index in [1.807, 2.05) is 31.2 Å². The van der Waals surface area contributed by atoms with Crippen LogP contribution in [-0.4, -0.2) is 47.3 Å². The number of nitrogens with one attached hydrogen (secondary N) is 2. The van der Waals surface area contributed by atoms with E-state index in [2.05, 4.69) is 15.2 Å². The Morgan fingerprint density at radius 3 is 2.80 bits per heavy atom. The number of rotatable bonds is 6. The molecule has 0 aliphatic heterocycles. The van der Waals surface area contributed by atoms with Crippen molar-refractivity contribution in [3.05, 3.63) is 46.9 Å². The predicted molar refractivity (Wildman–Crippen MR) is 94.7 cm³/mol. The van der Waals surface area contributed by atoms with Crippen LogP contribution in [0, 0.1) is 6.92 Å². The van der Waals surface area contributed by atoms with Crippen LogP contribution in [0.2, 0.25) is 0 Å². The summed E-state index contributed by atoms with van der Waals surface area (Å²) in [6.07, 6.45) is 0. The van der Waals surface area contributed by atoms with E-state index in [1.54, 1.807) is 26.2 Å². The van der Waals surface area contributed by atoms with Gasteiger partial charge >= 0.3 is 0 Å². The van der Waals surface area contributed by atoms with Crippen molar-refractivity contribution in [2.24, 2.45) is 0 Å². The molecule has 0 saturated carbocycles. The normalized spacial score (nSPS) is 11.0. The summed E-state index contributed by atoms with van der Waals surface area (Å²) in [5.41, 5.74) is 4.09. The van der Waals surface area contributed by atoms with Gasteiger partial charge in [-0.3, -0.25) is 9.89 Å². The van der Waals surface area contributed by atoms with Crippen LogP contribution in [0.15, 0.2) is 24.3 Å². The van der Waals surface area contributed by atoms with Gasteiger partial charge in [-0.25, -0.2) is 0 Å². The van der Waals surface area contributed by atoms with Crippen molar-refractivity contribution < 1.29 is 14.3 Å². The topological polar surface area (TPSA) is 83.2 Å². The molecule has 2 aromatic heterocycles. The highest BCUT2D eigenvalue weighted by molar-refractivity contribution is 6.01. The first-order valence-corrected chi connectivity index (χ1v) is 7.97. The summed E-state index contributed by atoms with van der Waals surface area (Å²) in [4.78, 5) is 17.7. The Kier molecular flexibility index (Phi) is 4.76. The molecule has 0 spiro atoms. The summed E-state index contributed by atoms with van der Waals surface area (Å²) in [5, 5.41) is 8.07. The van der Waals surface area contributed by atoms with Crippen molar-refractivity contribution in [2.45, 2.75) is 20.1 Å². The zero-order valence-corrected chi connectivity index (χ0v) is 14.8. The summed E-state index contributed by atoms with van der Waals surface area (Å²) in [6.45, 7) is 2.82. The van der Waals surface area contributed by atoms with Gasteiger partial charge in [0.2, 0.25) is 0 Å². The molecule has 1 aromatic carbocycles. The quantitative estimate of drug-likeness (QED) is 0.721. The van der Waals surface area contributed by atoms with Gasteiger partial charge in [0.25, 0.3) is 5.91 Å². The fraction of sp³-hybridized carbons (Fsp3) is 0.333. The first kappa shape index (κ1) is 17.0. The molecule has 3 rings (SSSR count). The molecular weight excluding hydrogens is 320 g/mol. The van der Waals surface area contributed by atoms with Crippen LogP contribution < -0.4 is 4.74 Å². The molecule has 0 aliphatic carbocycles. The van der Waals surface area contributed by atoms with Crippen LogP contribution >= 0.6 is 0 Å². The molecular formula is C18H22N4O3.